The molecular weight excluding hydrogens is 282 g/mol. The summed E-state index contributed by atoms with van der Waals surface area (Å²) in [5, 5.41) is 0. The molecule has 0 fully saturated rings. The maximum Gasteiger partial charge on any atom is 0.307 e. The Labute approximate surface area is 131 Å². The van der Waals surface area contributed by atoms with Gasteiger partial charge in [-0.3, -0.25) is 9.59 Å². The third-order valence-corrected chi connectivity index (χ3v) is 2.98. The van der Waals surface area contributed by atoms with Gasteiger partial charge in [0.25, 0.3) is 5.91 Å². The lowest BCUT2D eigenvalue weighted by molar-refractivity contribution is -0.144. The van der Waals surface area contributed by atoms with Crippen LogP contribution < -0.4 is 4.74 Å². The van der Waals surface area contributed by atoms with E-state index in [2.05, 4.69) is 6.58 Å². The van der Waals surface area contributed by atoms with Crippen molar-refractivity contribution in [3.05, 3.63) is 42.5 Å². The molecule has 1 rings (SSSR count). The van der Waals surface area contributed by atoms with E-state index in [1.807, 2.05) is 31.2 Å². The summed E-state index contributed by atoms with van der Waals surface area (Å²) in [5.74, 6) is 0.136. The molecule has 5 heteroatoms. The van der Waals surface area contributed by atoms with E-state index < -0.39 is 0 Å². The highest BCUT2D eigenvalue weighted by Gasteiger charge is 2.15. The summed E-state index contributed by atoms with van der Waals surface area (Å²) >= 11 is 0. The number of rotatable bonds is 9. The molecule has 0 spiro atoms. The van der Waals surface area contributed by atoms with Gasteiger partial charge in [-0.25, -0.2) is 0 Å². The number of ether oxygens (including phenoxy) is 2. The monoisotopic (exact) mass is 305 g/mol. The second-order valence-electron chi connectivity index (χ2n) is 4.79. The van der Waals surface area contributed by atoms with Gasteiger partial charge in [-0.1, -0.05) is 23.8 Å². The normalized spacial score (nSPS) is 9.91. The molecule has 0 saturated carbocycles. The summed E-state index contributed by atoms with van der Waals surface area (Å²) in [7, 11) is 0. The first kappa shape index (κ1) is 17.8. The lowest BCUT2D eigenvalue weighted by Crippen LogP contribution is -2.36. The molecule has 0 aromatic heterocycles. The number of nitrogens with zero attached hydrogens (tertiary/aromatic N) is 1. The molecule has 5 nitrogen and oxygen atoms in total. The number of hydrogen-bond donors (Lipinski definition) is 0. The van der Waals surface area contributed by atoms with Gasteiger partial charge in [0.2, 0.25) is 0 Å². The van der Waals surface area contributed by atoms with Crippen molar-refractivity contribution in [2.24, 2.45) is 0 Å². The summed E-state index contributed by atoms with van der Waals surface area (Å²) in [4.78, 5) is 25.0. The van der Waals surface area contributed by atoms with Gasteiger partial charge in [-0.15, -0.1) is 6.58 Å². The van der Waals surface area contributed by atoms with E-state index >= 15 is 0 Å². The molecule has 0 bridgehead atoms. The molecule has 1 aromatic carbocycles. The van der Waals surface area contributed by atoms with Crippen molar-refractivity contribution in [1.82, 2.24) is 4.90 Å². The maximum atomic E-state index is 12.1. The predicted molar refractivity (Wildman–Crippen MR) is 84.7 cm³/mol. The molecule has 0 aliphatic heterocycles. The second-order valence-corrected chi connectivity index (χ2v) is 4.79. The Kier molecular flexibility index (Phi) is 7.75. The first-order valence-electron chi connectivity index (χ1n) is 7.30. The highest BCUT2D eigenvalue weighted by atomic mass is 16.5. The molecule has 0 aliphatic carbocycles. The molecule has 120 valence electrons. The Morgan fingerprint density at radius 3 is 2.55 bits per heavy atom. The van der Waals surface area contributed by atoms with Gasteiger partial charge >= 0.3 is 5.97 Å². The zero-order valence-electron chi connectivity index (χ0n) is 13.2. The largest absolute Gasteiger partial charge is 0.484 e. The number of carbonyl (C=O) groups excluding carboxylic acids is 2. The topological polar surface area (TPSA) is 55.8 Å². The number of hydrogen-bond acceptors (Lipinski definition) is 4. The summed E-state index contributed by atoms with van der Waals surface area (Å²) in [6.45, 7) is 8.29. The first-order chi connectivity index (χ1) is 10.6. The van der Waals surface area contributed by atoms with Crippen LogP contribution in [0.1, 0.15) is 18.9 Å². The molecular formula is C17H23NO4. The minimum Gasteiger partial charge on any atom is -0.484 e. The van der Waals surface area contributed by atoms with Crippen molar-refractivity contribution in [2.45, 2.75) is 20.3 Å². The number of amides is 1. The fourth-order valence-electron chi connectivity index (χ4n) is 1.80. The van der Waals surface area contributed by atoms with E-state index in [0.29, 0.717) is 25.4 Å². The Morgan fingerprint density at radius 1 is 1.27 bits per heavy atom. The van der Waals surface area contributed by atoms with Crippen LogP contribution in [-0.2, 0) is 14.3 Å². The number of carbonyl (C=O) groups is 2. The van der Waals surface area contributed by atoms with E-state index in [4.69, 9.17) is 9.47 Å². The molecule has 1 aromatic rings. The van der Waals surface area contributed by atoms with E-state index in [1.165, 1.54) is 4.90 Å². The third-order valence-electron chi connectivity index (χ3n) is 2.98. The van der Waals surface area contributed by atoms with Crippen LogP contribution in [0.2, 0.25) is 0 Å². The standard InChI is InChI=1S/C17H23NO4/c1-4-11-18(12-10-17(20)21-5-2)16(19)13-22-15-8-6-14(3)7-9-15/h4,6-9H,1,5,10-13H2,2-3H3. The van der Waals surface area contributed by atoms with E-state index in [-0.39, 0.29) is 24.9 Å². The zero-order valence-corrected chi connectivity index (χ0v) is 13.2. The predicted octanol–water partition coefficient (Wildman–Crippen LogP) is 2.34. The van der Waals surface area contributed by atoms with Crippen molar-refractivity contribution in [3.8, 4) is 5.75 Å². The molecule has 0 unspecified atom stereocenters. The highest BCUT2D eigenvalue weighted by molar-refractivity contribution is 5.78. The zero-order chi connectivity index (χ0) is 16.4. The van der Waals surface area contributed by atoms with Gasteiger partial charge in [-0.05, 0) is 26.0 Å². The van der Waals surface area contributed by atoms with Crippen molar-refractivity contribution >= 4 is 11.9 Å². The molecule has 0 radical (unpaired) electrons. The van der Waals surface area contributed by atoms with Gasteiger partial charge in [0, 0.05) is 13.1 Å². The number of aryl methyl sites for hydroxylation is 1. The molecule has 0 atom stereocenters. The van der Waals surface area contributed by atoms with E-state index in [1.54, 1.807) is 13.0 Å². The molecule has 0 saturated heterocycles. The van der Waals surface area contributed by atoms with Crippen LogP contribution in [0.25, 0.3) is 0 Å². The number of esters is 1. The highest BCUT2D eigenvalue weighted by Crippen LogP contribution is 2.11. The molecule has 0 heterocycles. The van der Waals surface area contributed by atoms with Gasteiger partial charge in [0.15, 0.2) is 6.61 Å². The smallest absolute Gasteiger partial charge is 0.307 e. The fraction of sp³-hybridized carbons (Fsp3) is 0.412. The molecule has 0 aliphatic rings. The second kappa shape index (κ2) is 9.60. The minimum atomic E-state index is -0.316. The Morgan fingerprint density at radius 2 is 1.95 bits per heavy atom. The summed E-state index contributed by atoms with van der Waals surface area (Å²) < 4.78 is 10.3. The van der Waals surface area contributed by atoms with Crippen LogP contribution in [0.5, 0.6) is 5.75 Å². The first-order valence-corrected chi connectivity index (χ1v) is 7.30. The van der Waals surface area contributed by atoms with Crippen LogP contribution in [0.4, 0.5) is 0 Å². The minimum absolute atomic E-state index is 0.0697. The van der Waals surface area contributed by atoms with Crippen molar-refractivity contribution in [1.29, 1.82) is 0 Å². The lowest BCUT2D eigenvalue weighted by Gasteiger charge is -2.20. The SMILES string of the molecule is C=CCN(CCC(=O)OCC)C(=O)COc1ccc(C)cc1. The molecule has 1 amide bonds. The van der Waals surface area contributed by atoms with Gasteiger partial charge in [0.1, 0.15) is 5.75 Å². The van der Waals surface area contributed by atoms with Crippen LogP contribution >= 0.6 is 0 Å². The lowest BCUT2D eigenvalue weighted by atomic mass is 10.2. The summed E-state index contributed by atoms with van der Waals surface area (Å²) in [6.07, 6.45) is 1.78. The molecule has 0 N–H and O–H groups in total. The summed E-state index contributed by atoms with van der Waals surface area (Å²) in [5.41, 5.74) is 1.13. The van der Waals surface area contributed by atoms with Gasteiger partial charge in [-0.2, -0.15) is 0 Å². The number of benzene rings is 1. The van der Waals surface area contributed by atoms with Gasteiger partial charge < -0.3 is 14.4 Å². The van der Waals surface area contributed by atoms with Crippen molar-refractivity contribution < 1.29 is 19.1 Å². The Balaban J connectivity index is 2.48. The van der Waals surface area contributed by atoms with Crippen molar-refractivity contribution in [2.75, 3.05) is 26.3 Å². The average Bonchev–Trinajstić information content (AvgIpc) is 2.51. The van der Waals surface area contributed by atoms with Crippen molar-refractivity contribution in [3.63, 3.8) is 0 Å². The fourth-order valence-corrected chi connectivity index (χ4v) is 1.80. The van der Waals surface area contributed by atoms with Crippen LogP contribution in [-0.4, -0.2) is 43.1 Å². The Hall–Kier alpha value is -2.30. The van der Waals surface area contributed by atoms with E-state index in [0.717, 1.165) is 5.56 Å². The summed E-state index contributed by atoms with van der Waals surface area (Å²) in [6, 6.07) is 7.47. The Bertz CT molecular complexity index is 496. The van der Waals surface area contributed by atoms with Gasteiger partial charge in [0.05, 0.1) is 13.0 Å². The molecule has 22 heavy (non-hydrogen) atoms. The van der Waals surface area contributed by atoms with E-state index in [9.17, 15) is 9.59 Å². The van der Waals surface area contributed by atoms with Crippen LogP contribution in [0.15, 0.2) is 36.9 Å². The quantitative estimate of drug-likeness (QED) is 0.519. The third kappa shape index (κ3) is 6.43. The maximum absolute atomic E-state index is 12.1. The average molecular weight is 305 g/mol. The van der Waals surface area contributed by atoms with Crippen LogP contribution in [0, 0.1) is 6.92 Å². The van der Waals surface area contributed by atoms with Crippen LogP contribution in [0.3, 0.4) is 0 Å².